The Bertz CT molecular complexity index is 1060. The summed E-state index contributed by atoms with van der Waals surface area (Å²) in [6.07, 6.45) is -2.32. The molecule has 0 aliphatic carbocycles. The molecule has 3 heterocycles. The zero-order valence-electron chi connectivity index (χ0n) is 18.6. The standard InChI is InChI=1S/C23H25ClF4N4O2/c1-2-15-17(6-7-18(33)23(28)11-32(12-23)14-9-34-10-14)30-22(24)31-21(15)29-8-13-4-3-5-16(19(13)25)20(26)27/h3-5,14,20H,2,6-12H2,1H3,(H,29,30,31). The smallest absolute Gasteiger partial charge is 0.266 e. The van der Waals surface area contributed by atoms with Gasteiger partial charge in [0.05, 0.1) is 30.5 Å². The van der Waals surface area contributed by atoms with Crippen LogP contribution in [0.2, 0.25) is 5.28 Å². The molecule has 184 valence electrons. The molecule has 2 saturated heterocycles. The van der Waals surface area contributed by atoms with Crippen LogP contribution in [0, 0.1) is 5.82 Å². The number of nitrogens with one attached hydrogen (secondary N) is 1. The minimum Gasteiger partial charge on any atom is -0.378 e. The number of Topliss-reactive ketones (excluding diaryl/α,β-unsaturated/α-hetero) is 1. The molecule has 0 atom stereocenters. The van der Waals surface area contributed by atoms with Crippen molar-refractivity contribution in [3.05, 3.63) is 51.7 Å². The summed E-state index contributed by atoms with van der Waals surface area (Å²) in [4.78, 5) is 22.8. The summed E-state index contributed by atoms with van der Waals surface area (Å²) in [6, 6.07) is 3.99. The zero-order valence-corrected chi connectivity index (χ0v) is 19.3. The van der Waals surface area contributed by atoms with Crippen molar-refractivity contribution >= 4 is 23.2 Å². The van der Waals surface area contributed by atoms with Crippen LogP contribution in [-0.2, 0) is 28.9 Å². The van der Waals surface area contributed by atoms with E-state index in [0.717, 1.165) is 6.07 Å². The number of carbonyl (C=O) groups excluding carboxylic acids is 1. The third kappa shape index (κ3) is 5.04. The Labute approximate surface area is 199 Å². The number of rotatable bonds is 10. The van der Waals surface area contributed by atoms with E-state index in [1.54, 1.807) is 0 Å². The van der Waals surface area contributed by atoms with Crippen LogP contribution in [0.4, 0.5) is 23.4 Å². The Morgan fingerprint density at radius 1 is 1.32 bits per heavy atom. The number of halogens is 5. The fraction of sp³-hybridized carbons (Fsp3) is 0.522. The largest absolute Gasteiger partial charge is 0.378 e. The monoisotopic (exact) mass is 500 g/mol. The predicted octanol–water partition coefficient (Wildman–Crippen LogP) is 4.31. The SMILES string of the molecule is CCc1c(CCC(=O)C2(F)CN(C3COC3)C2)nc(Cl)nc1NCc1cccc(C(F)F)c1F. The average molecular weight is 501 g/mol. The van der Waals surface area contributed by atoms with Crippen molar-refractivity contribution in [1.29, 1.82) is 0 Å². The minimum absolute atomic E-state index is 0.0453. The molecule has 11 heteroatoms. The van der Waals surface area contributed by atoms with E-state index in [0.29, 0.717) is 36.7 Å². The first-order valence-electron chi connectivity index (χ1n) is 11.1. The molecule has 0 bridgehead atoms. The Morgan fingerprint density at radius 3 is 2.68 bits per heavy atom. The molecule has 6 nitrogen and oxygen atoms in total. The Kier molecular flexibility index (Phi) is 7.39. The number of carbonyl (C=O) groups is 1. The number of ketones is 1. The van der Waals surface area contributed by atoms with Crippen LogP contribution in [0.3, 0.4) is 0 Å². The van der Waals surface area contributed by atoms with Gasteiger partial charge >= 0.3 is 0 Å². The van der Waals surface area contributed by atoms with E-state index in [1.165, 1.54) is 12.1 Å². The van der Waals surface area contributed by atoms with Gasteiger partial charge < -0.3 is 10.1 Å². The van der Waals surface area contributed by atoms with E-state index in [-0.39, 0.29) is 49.4 Å². The lowest BCUT2D eigenvalue weighted by Crippen LogP contribution is -2.69. The molecule has 2 aromatic rings. The fourth-order valence-corrected chi connectivity index (χ4v) is 4.42. The van der Waals surface area contributed by atoms with Gasteiger partial charge in [0.2, 0.25) is 5.28 Å². The van der Waals surface area contributed by atoms with Crippen LogP contribution < -0.4 is 5.32 Å². The molecule has 2 fully saturated rings. The van der Waals surface area contributed by atoms with Crippen LogP contribution >= 0.6 is 11.6 Å². The summed E-state index contributed by atoms with van der Waals surface area (Å²) in [5.41, 5.74) is -1.34. The van der Waals surface area contributed by atoms with Gasteiger partial charge in [0.25, 0.3) is 6.43 Å². The number of alkyl halides is 3. The van der Waals surface area contributed by atoms with Crippen molar-refractivity contribution < 1.29 is 27.1 Å². The van der Waals surface area contributed by atoms with Crippen LogP contribution in [0.15, 0.2) is 18.2 Å². The molecular weight excluding hydrogens is 476 g/mol. The van der Waals surface area contributed by atoms with E-state index in [9.17, 15) is 22.4 Å². The third-order valence-corrected chi connectivity index (χ3v) is 6.51. The normalized spacial score (nSPS) is 18.0. The lowest BCUT2D eigenvalue weighted by atomic mass is 9.86. The van der Waals surface area contributed by atoms with Crippen LogP contribution in [0.5, 0.6) is 0 Å². The van der Waals surface area contributed by atoms with Crippen LogP contribution in [-0.4, -0.2) is 58.7 Å². The molecular formula is C23H25ClF4N4O2. The molecule has 1 N–H and O–H groups in total. The molecule has 4 rings (SSSR count). The summed E-state index contributed by atoms with van der Waals surface area (Å²) >= 11 is 6.07. The minimum atomic E-state index is -2.92. The highest BCUT2D eigenvalue weighted by atomic mass is 35.5. The number of anilines is 1. The van der Waals surface area contributed by atoms with Gasteiger partial charge in [-0.2, -0.15) is 0 Å². The van der Waals surface area contributed by atoms with Crippen molar-refractivity contribution in [2.75, 3.05) is 31.6 Å². The lowest BCUT2D eigenvalue weighted by Gasteiger charge is -2.49. The highest BCUT2D eigenvalue weighted by Gasteiger charge is 2.52. The molecule has 0 spiro atoms. The second-order valence-electron chi connectivity index (χ2n) is 8.58. The number of benzene rings is 1. The van der Waals surface area contributed by atoms with Gasteiger partial charge in [0.15, 0.2) is 11.5 Å². The Hall–Kier alpha value is -2.30. The van der Waals surface area contributed by atoms with Crippen LogP contribution in [0.1, 0.15) is 42.2 Å². The molecule has 2 aliphatic heterocycles. The van der Waals surface area contributed by atoms with E-state index >= 15 is 0 Å². The molecule has 0 radical (unpaired) electrons. The van der Waals surface area contributed by atoms with Crippen molar-refractivity contribution in [2.24, 2.45) is 0 Å². The van der Waals surface area contributed by atoms with Crippen molar-refractivity contribution in [1.82, 2.24) is 14.9 Å². The van der Waals surface area contributed by atoms with Crippen molar-refractivity contribution in [3.63, 3.8) is 0 Å². The first kappa shape index (κ1) is 24.8. The number of aromatic nitrogens is 2. The summed E-state index contributed by atoms with van der Waals surface area (Å²) < 4.78 is 60.4. The molecule has 34 heavy (non-hydrogen) atoms. The highest BCUT2D eigenvalue weighted by molar-refractivity contribution is 6.28. The second kappa shape index (κ2) is 10.1. The van der Waals surface area contributed by atoms with Crippen LogP contribution in [0.25, 0.3) is 0 Å². The number of nitrogens with zero attached hydrogens (tertiary/aromatic N) is 3. The first-order valence-corrected chi connectivity index (χ1v) is 11.5. The van der Waals surface area contributed by atoms with Gasteiger partial charge in [-0.1, -0.05) is 25.1 Å². The third-order valence-electron chi connectivity index (χ3n) is 6.34. The van der Waals surface area contributed by atoms with Gasteiger partial charge in [0.1, 0.15) is 11.6 Å². The summed E-state index contributed by atoms with van der Waals surface area (Å²) in [5, 5.41) is 2.86. The van der Waals surface area contributed by atoms with Crippen molar-refractivity contribution in [2.45, 2.75) is 50.9 Å². The van der Waals surface area contributed by atoms with Gasteiger partial charge in [-0.25, -0.2) is 27.5 Å². The number of hydrogen-bond donors (Lipinski definition) is 1. The topological polar surface area (TPSA) is 67.4 Å². The van der Waals surface area contributed by atoms with Gasteiger partial charge in [-0.05, 0) is 24.4 Å². The molecule has 0 unspecified atom stereocenters. The van der Waals surface area contributed by atoms with Gasteiger partial charge in [-0.3, -0.25) is 9.69 Å². The maximum Gasteiger partial charge on any atom is 0.266 e. The predicted molar refractivity (Wildman–Crippen MR) is 118 cm³/mol. The number of aryl methyl sites for hydroxylation is 1. The second-order valence-corrected chi connectivity index (χ2v) is 8.92. The maximum atomic E-state index is 15.0. The Balaban J connectivity index is 1.43. The molecule has 0 amide bonds. The number of likely N-dealkylation sites (tertiary alicyclic amines) is 1. The molecule has 2 aliphatic rings. The maximum absolute atomic E-state index is 15.0. The van der Waals surface area contributed by atoms with Crippen molar-refractivity contribution in [3.8, 4) is 0 Å². The molecule has 1 aromatic carbocycles. The van der Waals surface area contributed by atoms with Gasteiger partial charge in [-0.15, -0.1) is 0 Å². The van der Waals surface area contributed by atoms with Gasteiger partial charge in [0, 0.05) is 37.2 Å². The molecule has 0 saturated carbocycles. The van der Waals surface area contributed by atoms with E-state index in [1.807, 2.05) is 11.8 Å². The first-order chi connectivity index (χ1) is 16.2. The number of ether oxygens (including phenoxy) is 1. The Morgan fingerprint density at radius 2 is 2.06 bits per heavy atom. The number of hydrogen-bond acceptors (Lipinski definition) is 6. The average Bonchev–Trinajstić information content (AvgIpc) is 2.73. The highest BCUT2D eigenvalue weighted by Crippen LogP contribution is 2.32. The van der Waals surface area contributed by atoms with E-state index in [4.69, 9.17) is 16.3 Å². The van der Waals surface area contributed by atoms with E-state index in [2.05, 4.69) is 15.3 Å². The van der Waals surface area contributed by atoms with E-state index < -0.39 is 29.3 Å². The zero-order chi connectivity index (χ0) is 24.5. The summed E-state index contributed by atoms with van der Waals surface area (Å²) in [5.74, 6) is -1.15. The molecule has 1 aromatic heterocycles. The lowest BCUT2D eigenvalue weighted by molar-refractivity contribution is -0.161. The fourth-order valence-electron chi connectivity index (χ4n) is 4.23. The summed E-state index contributed by atoms with van der Waals surface area (Å²) in [7, 11) is 0. The quantitative estimate of drug-likeness (QED) is 0.387. The summed E-state index contributed by atoms with van der Waals surface area (Å²) in [6.45, 7) is 3.02.